The number of carbonyl (C=O) groups is 1. The summed E-state index contributed by atoms with van der Waals surface area (Å²) in [5.41, 5.74) is 1.64. The zero-order chi connectivity index (χ0) is 12.6. The lowest BCUT2D eigenvalue weighted by Gasteiger charge is -2.20. The molecule has 5 heteroatoms. The van der Waals surface area contributed by atoms with E-state index in [0.29, 0.717) is 0 Å². The summed E-state index contributed by atoms with van der Waals surface area (Å²) in [6.07, 6.45) is 0. The molecule has 0 spiro atoms. The minimum Gasteiger partial charge on any atom is -0.480 e. The average molecular weight is 250 g/mol. The van der Waals surface area contributed by atoms with Crippen LogP contribution in [0, 0.1) is 6.92 Å². The molecule has 0 radical (unpaired) electrons. The van der Waals surface area contributed by atoms with Gasteiger partial charge in [-0.3, -0.25) is 9.69 Å². The van der Waals surface area contributed by atoms with E-state index in [0.717, 1.165) is 20.8 Å². The summed E-state index contributed by atoms with van der Waals surface area (Å²) in [5.74, 6) is -0.846. The van der Waals surface area contributed by atoms with E-state index >= 15 is 0 Å². The third-order valence-electron chi connectivity index (χ3n) is 2.58. The van der Waals surface area contributed by atoms with Gasteiger partial charge in [-0.05, 0) is 38.7 Å². The summed E-state index contributed by atoms with van der Waals surface area (Å²) in [6, 6.07) is 5.03. The molecule has 0 unspecified atom stereocenters. The number of aromatic nitrogens is 1. The van der Waals surface area contributed by atoms with Crippen LogP contribution in [0.5, 0.6) is 0 Å². The summed E-state index contributed by atoms with van der Waals surface area (Å²) < 4.78 is 1.09. The Morgan fingerprint density at radius 3 is 2.76 bits per heavy atom. The Morgan fingerprint density at radius 1 is 1.47 bits per heavy atom. The lowest BCUT2D eigenvalue weighted by atomic mass is 10.1. The maximum atomic E-state index is 11.2. The van der Waals surface area contributed by atoms with Crippen LogP contribution in [0.15, 0.2) is 18.2 Å². The Hall–Kier alpha value is -1.46. The van der Waals surface area contributed by atoms with E-state index in [2.05, 4.69) is 4.98 Å². The topological polar surface area (TPSA) is 53.4 Å². The number of thiazole rings is 1. The van der Waals surface area contributed by atoms with Crippen molar-refractivity contribution in [3.8, 4) is 0 Å². The van der Waals surface area contributed by atoms with Crippen LogP contribution in [0.2, 0.25) is 0 Å². The summed E-state index contributed by atoms with van der Waals surface area (Å²) in [5, 5.41) is 10.2. The van der Waals surface area contributed by atoms with Crippen LogP contribution in [-0.4, -0.2) is 35.1 Å². The quantitative estimate of drug-likeness (QED) is 0.908. The number of fused-ring (bicyclic) bond motifs is 1. The third-order valence-corrected chi connectivity index (χ3v) is 3.54. The van der Waals surface area contributed by atoms with Gasteiger partial charge in [0.2, 0.25) is 0 Å². The Labute approximate surface area is 104 Å². The van der Waals surface area contributed by atoms with Gasteiger partial charge in [0.25, 0.3) is 0 Å². The van der Waals surface area contributed by atoms with Crippen molar-refractivity contribution in [2.45, 2.75) is 13.0 Å². The van der Waals surface area contributed by atoms with Crippen molar-refractivity contribution < 1.29 is 9.90 Å². The first kappa shape index (κ1) is 12.0. The Balaban J connectivity index is 2.50. The van der Waals surface area contributed by atoms with Gasteiger partial charge in [0, 0.05) is 0 Å². The van der Waals surface area contributed by atoms with Gasteiger partial charge in [-0.15, -0.1) is 11.3 Å². The van der Waals surface area contributed by atoms with Gasteiger partial charge in [-0.25, -0.2) is 4.98 Å². The predicted molar refractivity (Wildman–Crippen MR) is 68.4 cm³/mol. The number of aryl methyl sites for hydroxylation is 1. The molecule has 2 aromatic rings. The third kappa shape index (κ3) is 2.30. The normalized spacial score (nSPS) is 13.2. The summed E-state index contributed by atoms with van der Waals surface area (Å²) in [7, 11) is 3.52. The molecular formula is C12H14N2O2S. The molecule has 0 aliphatic heterocycles. The van der Waals surface area contributed by atoms with E-state index in [-0.39, 0.29) is 0 Å². The first-order valence-corrected chi connectivity index (χ1v) is 6.07. The van der Waals surface area contributed by atoms with Crippen molar-refractivity contribution in [2.24, 2.45) is 0 Å². The fraction of sp³-hybridized carbons (Fsp3) is 0.333. The molecule has 1 atom stereocenters. The smallest absolute Gasteiger partial charge is 0.325 e. The van der Waals surface area contributed by atoms with Crippen molar-refractivity contribution in [1.29, 1.82) is 0 Å². The number of carboxylic acids is 1. The molecule has 4 nitrogen and oxygen atoms in total. The van der Waals surface area contributed by atoms with E-state index < -0.39 is 12.0 Å². The number of carboxylic acid groups (broad SMARTS) is 1. The zero-order valence-corrected chi connectivity index (χ0v) is 10.8. The van der Waals surface area contributed by atoms with Gasteiger partial charge >= 0.3 is 5.97 Å². The van der Waals surface area contributed by atoms with Gasteiger partial charge in [0.1, 0.15) is 6.04 Å². The second-order valence-corrected chi connectivity index (χ2v) is 5.40. The molecule has 0 fully saturated rings. The highest BCUT2D eigenvalue weighted by Crippen LogP contribution is 2.26. The molecule has 90 valence electrons. The number of benzene rings is 1. The Morgan fingerprint density at radius 2 is 2.18 bits per heavy atom. The van der Waals surface area contributed by atoms with E-state index in [4.69, 9.17) is 0 Å². The van der Waals surface area contributed by atoms with Gasteiger partial charge in [0.15, 0.2) is 0 Å². The first-order chi connectivity index (χ1) is 7.99. The fourth-order valence-corrected chi connectivity index (χ4v) is 2.70. The van der Waals surface area contributed by atoms with Gasteiger partial charge in [0.05, 0.1) is 15.2 Å². The SMILES string of the molecule is Cc1nc2cc([C@H](C(=O)O)N(C)C)ccc2s1. The maximum Gasteiger partial charge on any atom is 0.325 e. The standard InChI is InChI=1S/C12H14N2O2S/c1-7-13-9-6-8(4-5-10(9)17-7)11(12(15)16)14(2)3/h4-6,11H,1-3H3,(H,15,16)/t11-/m1/s1. The maximum absolute atomic E-state index is 11.2. The second kappa shape index (κ2) is 4.43. The fourth-order valence-electron chi connectivity index (χ4n) is 1.89. The van der Waals surface area contributed by atoms with E-state index in [1.54, 1.807) is 30.3 Å². The number of nitrogens with zero attached hydrogens (tertiary/aromatic N) is 2. The Bertz CT molecular complexity index is 563. The molecular weight excluding hydrogens is 236 g/mol. The van der Waals surface area contributed by atoms with Crippen LogP contribution in [0.1, 0.15) is 16.6 Å². The summed E-state index contributed by atoms with van der Waals surface area (Å²) in [6.45, 7) is 1.95. The van der Waals surface area contributed by atoms with Crippen LogP contribution in [0.3, 0.4) is 0 Å². The van der Waals surface area contributed by atoms with Crippen LogP contribution in [-0.2, 0) is 4.79 Å². The second-order valence-electron chi connectivity index (χ2n) is 4.16. The highest BCUT2D eigenvalue weighted by atomic mass is 32.1. The lowest BCUT2D eigenvalue weighted by Crippen LogP contribution is -2.27. The van der Waals surface area contributed by atoms with E-state index in [9.17, 15) is 9.90 Å². The van der Waals surface area contributed by atoms with Crippen molar-refractivity contribution in [1.82, 2.24) is 9.88 Å². The molecule has 0 bridgehead atoms. The molecule has 0 aliphatic carbocycles. The Kier molecular flexibility index (Phi) is 3.13. The molecule has 0 saturated heterocycles. The van der Waals surface area contributed by atoms with Crippen LogP contribution >= 0.6 is 11.3 Å². The minimum absolute atomic E-state index is 0.624. The monoisotopic (exact) mass is 250 g/mol. The summed E-state index contributed by atoms with van der Waals surface area (Å²) in [4.78, 5) is 17.3. The molecule has 0 saturated carbocycles. The number of hydrogen-bond donors (Lipinski definition) is 1. The van der Waals surface area contributed by atoms with Gasteiger partial charge in [-0.2, -0.15) is 0 Å². The van der Waals surface area contributed by atoms with Gasteiger partial charge in [-0.1, -0.05) is 6.07 Å². The van der Waals surface area contributed by atoms with Crippen LogP contribution in [0.4, 0.5) is 0 Å². The number of hydrogen-bond acceptors (Lipinski definition) is 4. The molecule has 1 N–H and O–H groups in total. The lowest BCUT2D eigenvalue weighted by molar-refractivity contribution is -0.142. The highest BCUT2D eigenvalue weighted by Gasteiger charge is 2.22. The molecule has 0 aliphatic rings. The number of aliphatic carboxylic acids is 1. The summed E-state index contributed by atoms with van der Waals surface area (Å²) >= 11 is 1.62. The van der Waals surface area contributed by atoms with Crippen molar-refractivity contribution in [3.05, 3.63) is 28.8 Å². The molecule has 2 rings (SSSR count). The van der Waals surface area contributed by atoms with Gasteiger partial charge < -0.3 is 5.11 Å². The van der Waals surface area contributed by atoms with Crippen LogP contribution < -0.4 is 0 Å². The first-order valence-electron chi connectivity index (χ1n) is 5.25. The number of rotatable bonds is 3. The highest BCUT2D eigenvalue weighted by molar-refractivity contribution is 7.18. The number of likely N-dealkylation sites (N-methyl/N-ethyl adjacent to an activating group) is 1. The van der Waals surface area contributed by atoms with Crippen LogP contribution in [0.25, 0.3) is 10.2 Å². The minimum atomic E-state index is -0.846. The molecule has 1 aromatic carbocycles. The van der Waals surface area contributed by atoms with Crippen molar-refractivity contribution in [2.75, 3.05) is 14.1 Å². The molecule has 1 aromatic heterocycles. The van der Waals surface area contributed by atoms with Crippen molar-refractivity contribution in [3.63, 3.8) is 0 Å². The molecule has 17 heavy (non-hydrogen) atoms. The largest absolute Gasteiger partial charge is 0.480 e. The van der Waals surface area contributed by atoms with Crippen molar-refractivity contribution >= 4 is 27.5 Å². The van der Waals surface area contributed by atoms with E-state index in [1.807, 2.05) is 25.1 Å². The zero-order valence-electron chi connectivity index (χ0n) is 9.97. The van der Waals surface area contributed by atoms with E-state index in [1.165, 1.54) is 0 Å². The predicted octanol–water partition coefficient (Wildman–Crippen LogP) is 2.29. The molecule has 1 heterocycles. The average Bonchev–Trinajstić information content (AvgIpc) is 2.56. The molecule has 0 amide bonds.